The van der Waals surface area contributed by atoms with Gasteiger partial charge in [-0.05, 0) is 17.7 Å². The number of thiocarbonyl (C=S) groups is 1. The summed E-state index contributed by atoms with van der Waals surface area (Å²) < 4.78 is 0. The van der Waals surface area contributed by atoms with Gasteiger partial charge in [-0.2, -0.15) is 0 Å². The maximum Gasteiger partial charge on any atom is 0.226 e. The van der Waals surface area contributed by atoms with E-state index in [9.17, 15) is 4.79 Å². The van der Waals surface area contributed by atoms with Gasteiger partial charge in [0.05, 0.1) is 11.4 Å². The fourth-order valence-corrected chi connectivity index (χ4v) is 1.53. The molecule has 0 aliphatic rings. The molecule has 0 aliphatic carbocycles. The van der Waals surface area contributed by atoms with E-state index in [0.29, 0.717) is 29.4 Å². The molecule has 0 saturated heterocycles. The molecular weight excluding hydrogens is 256 g/mol. The van der Waals surface area contributed by atoms with Gasteiger partial charge in [-0.25, -0.2) is 0 Å². The van der Waals surface area contributed by atoms with Gasteiger partial charge in [-0.3, -0.25) is 4.79 Å². The van der Waals surface area contributed by atoms with Crippen molar-refractivity contribution in [3.8, 4) is 0 Å². The highest BCUT2D eigenvalue weighted by Gasteiger charge is 2.09. The number of amides is 1. The molecule has 17 heavy (non-hydrogen) atoms. The standard InChI is InChI=1S/C12H15ClN2OS/c1-15(7-6-11(14)17)12(16)8-9-2-4-10(13)5-3-9/h2-5H,6-8H2,1H3,(H2,14,17). The van der Waals surface area contributed by atoms with Crippen LogP contribution < -0.4 is 5.73 Å². The fourth-order valence-electron chi connectivity index (χ4n) is 1.31. The zero-order chi connectivity index (χ0) is 12.8. The van der Waals surface area contributed by atoms with Crippen molar-refractivity contribution in [2.75, 3.05) is 13.6 Å². The first-order valence-corrected chi connectivity index (χ1v) is 6.04. The molecule has 0 atom stereocenters. The van der Waals surface area contributed by atoms with Crippen LogP contribution in [0.25, 0.3) is 0 Å². The Morgan fingerprint density at radius 1 is 1.41 bits per heavy atom. The van der Waals surface area contributed by atoms with Gasteiger partial charge in [0.2, 0.25) is 5.91 Å². The Hall–Kier alpha value is -1.13. The highest BCUT2D eigenvalue weighted by atomic mass is 35.5. The van der Waals surface area contributed by atoms with Gasteiger partial charge in [0.1, 0.15) is 0 Å². The molecule has 5 heteroatoms. The van der Waals surface area contributed by atoms with Gasteiger partial charge in [0.15, 0.2) is 0 Å². The molecule has 3 nitrogen and oxygen atoms in total. The van der Waals surface area contributed by atoms with Crippen molar-refractivity contribution in [1.82, 2.24) is 4.90 Å². The van der Waals surface area contributed by atoms with E-state index in [0.717, 1.165) is 5.56 Å². The molecule has 0 saturated carbocycles. The van der Waals surface area contributed by atoms with E-state index >= 15 is 0 Å². The van der Waals surface area contributed by atoms with E-state index < -0.39 is 0 Å². The maximum atomic E-state index is 11.8. The van der Waals surface area contributed by atoms with Gasteiger partial charge < -0.3 is 10.6 Å². The van der Waals surface area contributed by atoms with Crippen LogP contribution in [-0.2, 0) is 11.2 Å². The molecule has 0 bridgehead atoms. The predicted octanol–water partition coefficient (Wildman–Crippen LogP) is 2.02. The molecule has 0 radical (unpaired) electrons. The molecule has 2 N–H and O–H groups in total. The van der Waals surface area contributed by atoms with Crippen molar-refractivity contribution in [3.05, 3.63) is 34.9 Å². The summed E-state index contributed by atoms with van der Waals surface area (Å²) >= 11 is 10.5. The number of carbonyl (C=O) groups is 1. The van der Waals surface area contributed by atoms with Gasteiger partial charge in [-0.15, -0.1) is 0 Å². The number of nitrogens with zero attached hydrogens (tertiary/aromatic N) is 1. The van der Waals surface area contributed by atoms with Gasteiger partial charge in [0, 0.05) is 25.0 Å². The Morgan fingerprint density at radius 2 is 2.00 bits per heavy atom. The lowest BCUT2D eigenvalue weighted by Gasteiger charge is -2.16. The molecule has 1 aromatic rings. The van der Waals surface area contributed by atoms with E-state index in [-0.39, 0.29) is 5.91 Å². The van der Waals surface area contributed by atoms with Crippen molar-refractivity contribution in [2.24, 2.45) is 5.73 Å². The molecule has 0 spiro atoms. The number of hydrogen-bond acceptors (Lipinski definition) is 2. The molecule has 0 aliphatic heterocycles. The zero-order valence-corrected chi connectivity index (χ0v) is 11.2. The van der Waals surface area contributed by atoms with Gasteiger partial charge in [0.25, 0.3) is 0 Å². The number of nitrogens with two attached hydrogens (primary N) is 1. The molecule has 92 valence electrons. The second-order valence-electron chi connectivity index (χ2n) is 3.83. The third-order valence-electron chi connectivity index (χ3n) is 2.39. The first-order valence-electron chi connectivity index (χ1n) is 5.25. The van der Waals surface area contributed by atoms with Crippen molar-refractivity contribution in [1.29, 1.82) is 0 Å². The summed E-state index contributed by atoms with van der Waals surface area (Å²) in [4.78, 5) is 13.9. The van der Waals surface area contributed by atoms with Crippen molar-refractivity contribution < 1.29 is 4.79 Å². The third kappa shape index (κ3) is 5.15. The molecule has 0 fully saturated rings. The lowest BCUT2D eigenvalue weighted by molar-refractivity contribution is -0.129. The number of halogens is 1. The topological polar surface area (TPSA) is 46.3 Å². The van der Waals surface area contributed by atoms with Crippen LogP contribution >= 0.6 is 23.8 Å². The van der Waals surface area contributed by atoms with E-state index in [1.807, 2.05) is 12.1 Å². The average molecular weight is 271 g/mol. The van der Waals surface area contributed by atoms with Gasteiger partial charge >= 0.3 is 0 Å². The summed E-state index contributed by atoms with van der Waals surface area (Å²) in [5.74, 6) is 0.0450. The fraction of sp³-hybridized carbons (Fsp3) is 0.333. The minimum absolute atomic E-state index is 0.0450. The smallest absolute Gasteiger partial charge is 0.226 e. The second-order valence-corrected chi connectivity index (χ2v) is 4.80. The molecule has 0 unspecified atom stereocenters. The van der Waals surface area contributed by atoms with Crippen LogP contribution in [0.2, 0.25) is 5.02 Å². The molecule has 1 aromatic carbocycles. The summed E-state index contributed by atoms with van der Waals surface area (Å²) in [7, 11) is 1.75. The van der Waals surface area contributed by atoms with E-state index in [2.05, 4.69) is 0 Å². The Labute approximate surface area is 112 Å². The van der Waals surface area contributed by atoms with E-state index in [4.69, 9.17) is 29.6 Å². The lowest BCUT2D eigenvalue weighted by Crippen LogP contribution is -2.31. The zero-order valence-electron chi connectivity index (χ0n) is 9.65. The number of rotatable bonds is 5. The number of likely N-dealkylation sites (N-methyl/N-ethyl adjacent to an activating group) is 1. The van der Waals surface area contributed by atoms with Crippen LogP contribution in [0.15, 0.2) is 24.3 Å². The average Bonchev–Trinajstić information content (AvgIpc) is 2.28. The number of carbonyl (C=O) groups excluding carboxylic acids is 1. The normalized spacial score (nSPS) is 10.0. The van der Waals surface area contributed by atoms with Crippen LogP contribution in [0, 0.1) is 0 Å². The van der Waals surface area contributed by atoms with Crippen LogP contribution in [-0.4, -0.2) is 29.4 Å². The van der Waals surface area contributed by atoms with Crippen LogP contribution in [0.4, 0.5) is 0 Å². The minimum atomic E-state index is 0.0450. The Bertz CT molecular complexity index is 405. The Kier molecular flexibility index (Phi) is 5.38. The summed E-state index contributed by atoms with van der Waals surface area (Å²) in [6.07, 6.45) is 0.920. The monoisotopic (exact) mass is 270 g/mol. The molecule has 1 amide bonds. The summed E-state index contributed by atoms with van der Waals surface area (Å²) in [5.41, 5.74) is 6.33. The highest BCUT2D eigenvalue weighted by Crippen LogP contribution is 2.10. The Morgan fingerprint density at radius 3 is 2.53 bits per heavy atom. The van der Waals surface area contributed by atoms with Crippen molar-refractivity contribution in [2.45, 2.75) is 12.8 Å². The lowest BCUT2D eigenvalue weighted by atomic mass is 10.1. The molecule has 1 rings (SSSR count). The van der Waals surface area contributed by atoms with Crippen LogP contribution in [0.3, 0.4) is 0 Å². The SMILES string of the molecule is CN(CCC(N)=S)C(=O)Cc1ccc(Cl)cc1. The molecular formula is C12H15ClN2OS. The second kappa shape index (κ2) is 6.57. The number of hydrogen-bond donors (Lipinski definition) is 1. The van der Waals surface area contributed by atoms with Gasteiger partial charge in [-0.1, -0.05) is 36.0 Å². The Balaban J connectivity index is 2.48. The molecule has 0 aromatic heterocycles. The predicted molar refractivity (Wildman–Crippen MR) is 74.2 cm³/mol. The summed E-state index contributed by atoms with van der Waals surface area (Å²) in [6, 6.07) is 7.25. The largest absolute Gasteiger partial charge is 0.393 e. The quantitative estimate of drug-likeness (QED) is 0.833. The van der Waals surface area contributed by atoms with Crippen LogP contribution in [0.5, 0.6) is 0 Å². The maximum absolute atomic E-state index is 11.8. The minimum Gasteiger partial charge on any atom is -0.393 e. The van der Waals surface area contributed by atoms with E-state index in [1.165, 1.54) is 0 Å². The summed E-state index contributed by atoms with van der Waals surface area (Å²) in [5, 5.41) is 0.669. The molecule has 0 heterocycles. The van der Waals surface area contributed by atoms with Crippen molar-refractivity contribution in [3.63, 3.8) is 0 Å². The van der Waals surface area contributed by atoms with Crippen molar-refractivity contribution >= 4 is 34.7 Å². The first kappa shape index (κ1) is 13.9. The first-order chi connectivity index (χ1) is 7.99. The highest BCUT2D eigenvalue weighted by molar-refractivity contribution is 7.80. The van der Waals surface area contributed by atoms with E-state index in [1.54, 1.807) is 24.1 Å². The van der Waals surface area contributed by atoms with Crippen LogP contribution in [0.1, 0.15) is 12.0 Å². The third-order valence-corrected chi connectivity index (χ3v) is 2.84. The number of benzene rings is 1. The summed E-state index contributed by atoms with van der Waals surface area (Å²) in [6.45, 7) is 0.557.